The van der Waals surface area contributed by atoms with E-state index in [-0.39, 0.29) is 10.8 Å². The van der Waals surface area contributed by atoms with Gasteiger partial charge in [-0.3, -0.25) is 4.79 Å². The average Bonchev–Trinajstić information content (AvgIpc) is 2.62. The SMILES string of the molecule is CCc1cccc(CC)c1NC(=O)[C@@H](C)NS(=O)(=O)c1ccccc1. The fourth-order valence-electron chi connectivity index (χ4n) is 2.59. The molecule has 2 aromatic rings. The van der Waals surface area contributed by atoms with Gasteiger partial charge in [0.1, 0.15) is 0 Å². The molecule has 2 aromatic carbocycles. The average molecular weight is 360 g/mol. The highest BCUT2D eigenvalue weighted by molar-refractivity contribution is 7.89. The van der Waals surface area contributed by atoms with E-state index < -0.39 is 16.1 Å². The van der Waals surface area contributed by atoms with E-state index in [1.165, 1.54) is 19.1 Å². The van der Waals surface area contributed by atoms with E-state index in [9.17, 15) is 13.2 Å². The highest BCUT2D eigenvalue weighted by Gasteiger charge is 2.22. The van der Waals surface area contributed by atoms with Crippen LogP contribution in [0.3, 0.4) is 0 Å². The van der Waals surface area contributed by atoms with Crippen molar-refractivity contribution in [1.29, 1.82) is 0 Å². The predicted molar refractivity (Wildman–Crippen MR) is 100 cm³/mol. The van der Waals surface area contributed by atoms with E-state index in [1.807, 2.05) is 32.0 Å². The Kier molecular flexibility index (Phi) is 6.33. The largest absolute Gasteiger partial charge is 0.324 e. The minimum atomic E-state index is -3.74. The Hall–Kier alpha value is -2.18. The lowest BCUT2D eigenvalue weighted by atomic mass is 10.0. The van der Waals surface area contributed by atoms with Crippen molar-refractivity contribution in [3.05, 3.63) is 59.7 Å². The lowest BCUT2D eigenvalue weighted by molar-refractivity contribution is -0.117. The third-order valence-electron chi connectivity index (χ3n) is 4.03. The molecule has 0 aromatic heterocycles. The number of amides is 1. The van der Waals surface area contributed by atoms with Crippen molar-refractivity contribution in [2.45, 2.75) is 44.6 Å². The van der Waals surface area contributed by atoms with Crippen LogP contribution < -0.4 is 10.0 Å². The maximum atomic E-state index is 12.5. The molecule has 0 aliphatic carbocycles. The predicted octanol–water partition coefficient (Wildman–Crippen LogP) is 3.12. The van der Waals surface area contributed by atoms with Crippen LogP contribution in [0.15, 0.2) is 53.4 Å². The summed E-state index contributed by atoms with van der Waals surface area (Å²) in [5.41, 5.74) is 2.85. The van der Waals surface area contributed by atoms with E-state index >= 15 is 0 Å². The fourth-order valence-corrected chi connectivity index (χ4v) is 3.81. The summed E-state index contributed by atoms with van der Waals surface area (Å²) in [7, 11) is -3.74. The molecular weight excluding hydrogens is 336 g/mol. The number of anilines is 1. The second-order valence-electron chi connectivity index (χ2n) is 5.80. The normalized spacial score (nSPS) is 12.6. The van der Waals surface area contributed by atoms with Gasteiger partial charge in [-0.25, -0.2) is 8.42 Å². The van der Waals surface area contributed by atoms with Crippen LogP contribution in [0.2, 0.25) is 0 Å². The molecule has 0 spiro atoms. The zero-order valence-electron chi connectivity index (χ0n) is 14.7. The Balaban J connectivity index is 2.17. The van der Waals surface area contributed by atoms with Crippen LogP contribution in [-0.4, -0.2) is 20.4 Å². The molecule has 0 unspecified atom stereocenters. The molecule has 0 aliphatic heterocycles. The van der Waals surface area contributed by atoms with Crippen molar-refractivity contribution in [2.75, 3.05) is 5.32 Å². The van der Waals surface area contributed by atoms with Crippen LogP contribution in [0.4, 0.5) is 5.69 Å². The standard InChI is InChI=1S/C19H24N2O3S/c1-4-15-10-9-11-16(5-2)18(15)20-19(22)14(3)21-25(23,24)17-12-7-6-8-13-17/h6-14,21H,4-5H2,1-3H3,(H,20,22)/t14-/m1/s1. The fraction of sp³-hybridized carbons (Fsp3) is 0.316. The molecule has 25 heavy (non-hydrogen) atoms. The second-order valence-corrected chi connectivity index (χ2v) is 7.52. The van der Waals surface area contributed by atoms with Gasteiger partial charge in [0.2, 0.25) is 15.9 Å². The van der Waals surface area contributed by atoms with Crippen molar-refractivity contribution in [3.8, 4) is 0 Å². The first-order chi connectivity index (χ1) is 11.9. The van der Waals surface area contributed by atoms with Gasteiger partial charge in [-0.2, -0.15) is 4.72 Å². The molecule has 0 saturated carbocycles. The van der Waals surface area contributed by atoms with Gasteiger partial charge in [0.15, 0.2) is 0 Å². The molecule has 0 fully saturated rings. The number of hydrogen-bond acceptors (Lipinski definition) is 3. The molecule has 5 nitrogen and oxygen atoms in total. The lowest BCUT2D eigenvalue weighted by Crippen LogP contribution is -2.41. The number of sulfonamides is 1. The highest BCUT2D eigenvalue weighted by Crippen LogP contribution is 2.23. The maximum Gasteiger partial charge on any atom is 0.242 e. The van der Waals surface area contributed by atoms with Crippen LogP contribution >= 0.6 is 0 Å². The summed E-state index contributed by atoms with van der Waals surface area (Å²) in [6.45, 7) is 5.58. The smallest absolute Gasteiger partial charge is 0.242 e. The Labute approximate surface area is 149 Å². The van der Waals surface area contributed by atoms with Crippen LogP contribution in [0, 0.1) is 0 Å². The molecule has 0 aliphatic rings. The van der Waals surface area contributed by atoms with Gasteiger partial charge in [0.05, 0.1) is 10.9 Å². The summed E-state index contributed by atoms with van der Waals surface area (Å²) in [6.07, 6.45) is 1.57. The van der Waals surface area contributed by atoms with Crippen molar-refractivity contribution in [3.63, 3.8) is 0 Å². The van der Waals surface area contributed by atoms with Gasteiger partial charge >= 0.3 is 0 Å². The quantitative estimate of drug-likeness (QED) is 0.797. The van der Waals surface area contributed by atoms with Gasteiger partial charge in [0.25, 0.3) is 0 Å². The molecule has 6 heteroatoms. The summed E-state index contributed by atoms with van der Waals surface area (Å²) in [5, 5.41) is 2.89. The number of carbonyl (C=O) groups excluding carboxylic acids is 1. The van der Waals surface area contributed by atoms with Gasteiger partial charge in [0, 0.05) is 5.69 Å². The molecule has 0 heterocycles. The molecule has 1 atom stereocenters. The number of benzene rings is 2. The number of carbonyl (C=O) groups is 1. The molecule has 0 bridgehead atoms. The number of rotatable bonds is 7. The summed E-state index contributed by atoms with van der Waals surface area (Å²) in [5.74, 6) is -0.380. The minimum Gasteiger partial charge on any atom is -0.324 e. The second kappa shape index (κ2) is 8.27. The first-order valence-electron chi connectivity index (χ1n) is 8.38. The van der Waals surface area contributed by atoms with Crippen LogP contribution in [0.25, 0.3) is 0 Å². The van der Waals surface area contributed by atoms with Crippen molar-refractivity contribution in [2.24, 2.45) is 0 Å². The monoisotopic (exact) mass is 360 g/mol. The Morgan fingerprint density at radius 3 is 2.04 bits per heavy atom. The molecule has 1 amide bonds. The van der Waals surface area contributed by atoms with Crippen molar-refractivity contribution < 1.29 is 13.2 Å². The van der Waals surface area contributed by atoms with Gasteiger partial charge in [-0.15, -0.1) is 0 Å². The van der Waals surface area contributed by atoms with E-state index in [2.05, 4.69) is 10.0 Å². The highest BCUT2D eigenvalue weighted by atomic mass is 32.2. The number of nitrogens with one attached hydrogen (secondary N) is 2. The third kappa shape index (κ3) is 4.67. The third-order valence-corrected chi connectivity index (χ3v) is 5.58. The summed E-state index contributed by atoms with van der Waals surface area (Å²) >= 11 is 0. The zero-order valence-corrected chi connectivity index (χ0v) is 15.6. The zero-order chi connectivity index (χ0) is 18.4. The van der Waals surface area contributed by atoms with E-state index in [0.29, 0.717) is 0 Å². The Morgan fingerprint density at radius 1 is 0.960 bits per heavy atom. The van der Waals surface area contributed by atoms with Gasteiger partial charge in [-0.05, 0) is 43.0 Å². The number of hydrogen-bond donors (Lipinski definition) is 2. The number of para-hydroxylation sites is 1. The van der Waals surface area contributed by atoms with Gasteiger partial charge < -0.3 is 5.32 Å². The minimum absolute atomic E-state index is 0.137. The maximum absolute atomic E-state index is 12.5. The van der Waals surface area contributed by atoms with Crippen LogP contribution in [0.5, 0.6) is 0 Å². The number of aryl methyl sites for hydroxylation is 2. The first kappa shape index (κ1) is 19.1. The van der Waals surface area contributed by atoms with E-state index in [0.717, 1.165) is 29.7 Å². The summed E-state index contributed by atoms with van der Waals surface area (Å²) in [4.78, 5) is 12.7. The van der Waals surface area contributed by atoms with Crippen LogP contribution in [0.1, 0.15) is 31.9 Å². The van der Waals surface area contributed by atoms with Crippen LogP contribution in [-0.2, 0) is 27.7 Å². The van der Waals surface area contributed by atoms with E-state index in [1.54, 1.807) is 18.2 Å². The topological polar surface area (TPSA) is 75.3 Å². The van der Waals surface area contributed by atoms with Gasteiger partial charge in [-0.1, -0.05) is 50.2 Å². The van der Waals surface area contributed by atoms with Crippen molar-refractivity contribution >= 4 is 21.6 Å². The van der Waals surface area contributed by atoms with E-state index in [4.69, 9.17) is 0 Å². The summed E-state index contributed by atoms with van der Waals surface area (Å²) in [6, 6.07) is 13.0. The Bertz CT molecular complexity index is 811. The molecule has 0 radical (unpaired) electrons. The molecule has 134 valence electrons. The Morgan fingerprint density at radius 2 is 1.52 bits per heavy atom. The molecular formula is C19H24N2O3S. The lowest BCUT2D eigenvalue weighted by Gasteiger charge is -2.18. The first-order valence-corrected chi connectivity index (χ1v) is 9.86. The summed E-state index contributed by atoms with van der Waals surface area (Å²) < 4.78 is 27.1. The molecule has 2 rings (SSSR count). The molecule has 2 N–H and O–H groups in total. The molecule has 0 saturated heterocycles. The van der Waals surface area contributed by atoms with Crippen molar-refractivity contribution in [1.82, 2.24) is 4.72 Å².